The number of aromatic nitrogens is 3. The first kappa shape index (κ1) is 20.5. The molecule has 2 heterocycles. The summed E-state index contributed by atoms with van der Waals surface area (Å²) in [4.78, 5) is 12.4. The van der Waals surface area contributed by atoms with E-state index in [2.05, 4.69) is 15.5 Å². The monoisotopic (exact) mass is 458 g/mol. The van der Waals surface area contributed by atoms with Gasteiger partial charge in [0.2, 0.25) is 11.7 Å². The third-order valence-corrected chi connectivity index (χ3v) is 5.78. The minimum Gasteiger partial charge on any atom is -0.461 e. The van der Waals surface area contributed by atoms with Gasteiger partial charge in [0.15, 0.2) is 10.9 Å². The van der Waals surface area contributed by atoms with Crippen molar-refractivity contribution in [2.45, 2.75) is 11.7 Å². The lowest BCUT2D eigenvalue weighted by Gasteiger charge is -2.10. The van der Waals surface area contributed by atoms with Crippen molar-refractivity contribution in [1.29, 1.82) is 0 Å². The molecule has 0 aliphatic heterocycles. The van der Waals surface area contributed by atoms with E-state index in [0.29, 0.717) is 33.3 Å². The summed E-state index contributed by atoms with van der Waals surface area (Å²) in [7, 11) is 0. The molecule has 1 amide bonds. The highest BCUT2D eigenvalue weighted by Gasteiger charge is 2.19. The molecule has 9 heteroatoms. The van der Waals surface area contributed by atoms with Gasteiger partial charge >= 0.3 is 0 Å². The zero-order valence-corrected chi connectivity index (χ0v) is 17.9. The maximum absolute atomic E-state index is 12.4. The van der Waals surface area contributed by atoms with Crippen molar-refractivity contribution in [2.24, 2.45) is 0 Å². The van der Waals surface area contributed by atoms with Crippen LogP contribution in [0.5, 0.6) is 0 Å². The number of carbonyl (C=O) groups excluding carboxylic acids is 1. The maximum Gasteiger partial charge on any atom is 0.230 e. The van der Waals surface area contributed by atoms with Crippen LogP contribution in [0.3, 0.4) is 0 Å². The van der Waals surface area contributed by atoms with Crippen molar-refractivity contribution >= 4 is 40.9 Å². The van der Waals surface area contributed by atoms with E-state index in [1.807, 2.05) is 34.9 Å². The molecule has 0 aliphatic rings. The molecule has 152 valence electrons. The maximum atomic E-state index is 12.4. The molecule has 0 spiro atoms. The van der Waals surface area contributed by atoms with Crippen LogP contribution in [0.4, 0.5) is 0 Å². The molecule has 2 aromatic heterocycles. The smallest absolute Gasteiger partial charge is 0.230 e. The minimum atomic E-state index is -0.134. The Hall–Kier alpha value is -2.74. The fraction of sp³-hybridized carbons (Fsp3) is 0.0952. The summed E-state index contributed by atoms with van der Waals surface area (Å²) in [6, 6.07) is 18.3. The van der Waals surface area contributed by atoms with Crippen LogP contribution < -0.4 is 5.32 Å². The van der Waals surface area contributed by atoms with E-state index < -0.39 is 0 Å². The van der Waals surface area contributed by atoms with E-state index in [1.54, 1.807) is 36.6 Å². The average Bonchev–Trinajstić information content (AvgIpc) is 3.42. The summed E-state index contributed by atoms with van der Waals surface area (Å²) in [6.45, 7) is 0.362. The molecule has 1 N–H and O–H groups in total. The summed E-state index contributed by atoms with van der Waals surface area (Å²) in [5.41, 5.74) is 1.68. The lowest BCUT2D eigenvalue weighted by atomic mass is 10.2. The number of amides is 1. The highest BCUT2D eigenvalue weighted by Crippen LogP contribution is 2.28. The number of rotatable bonds is 7. The predicted octanol–water partition coefficient (Wildman–Crippen LogP) is 5.24. The molecule has 0 saturated carbocycles. The fourth-order valence-electron chi connectivity index (χ4n) is 2.77. The van der Waals surface area contributed by atoms with E-state index in [4.69, 9.17) is 27.6 Å². The van der Waals surface area contributed by atoms with Crippen LogP contribution in [0.2, 0.25) is 10.0 Å². The Morgan fingerprint density at radius 3 is 2.57 bits per heavy atom. The Morgan fingerprint density at radius 1 is 1.03 bits per heavy atom. The Labute approximate surface area is 187 Å². The fourth-order valence-corrected chi connectivity index (χ4v) is 3.88. The first-order valence-electron chi connectivity index (χ1n) is 9.00. The van der Waals surface area contributed by atoms with Gasteiger partial charge < -0.3 is 9.73 Å². The number of carbonyl (C=O) groups is 1. The number of halogens is 2. The topological polar surface area (TPSA) is 73.0 Å². The van der Waals surface area contributed by atoms with Gasteiger partial charge in [-0.2, -0.15) is 0 Å². The molecule has 6 nitrogen and oxygen atoms in total. The first-order valence-corrected chi connectivity index (χ1v) is 10.7. The number of thioether (sulfide) groups is 1. The second-order valence-electron chi connectivity index (χ2n) is 6.25. The zero-order valence-electron chi connectivity index (χ0n) is 15.6. The van der Waals surface area contributed by atoms with Gasteiger partial charge in [0, 0.05) is 22.3 Å². The summed E-state index contributed by atoms with van der Waals surface area (Å²) in [6.07, 6.45) is 1.57. The molecule has 0 bridgehead atoms. The number of benzene rings is 2. The normalized spacial score (nSPS) is 10.9. The quantitative estimate of drug-likeness (QED) is 0.383. The summed E-state index contributed by atoms with van der Waals surface area (Å²) >= 11 is 13.4. The third-order valence-electron chi connectivity index (χ3n) is 4.23. The minimum absolute atomic E-state index is 0.134. The summed E-state index contributed by atoms with van der Waals surface area (Å²) in [5.74, 6) is 1.16. The van der Waals surface area contributed by atoms with Crippen molar-refractivity contribution in [3.63, 3.8) is 0 Å². The van der Waals surface area contributed by atoms with Crippen molar-refractivity contribution in [1.82, 2.24) is 20.1 Å². The van der Waals surface area contributed by atoms with Gasteiger partial charge in [0.25, 0.3) is 0 Å². The SMILES string of the molecule is O=C(CSc1nnc(-c2ccco2)n1-c1ccc(Cl)cc1)NCc1ccccc1Cl. The second kappa shape index (κ2) is 9.38. The lowest BCUT2D eigenvalue weighted by molar-refractivity contribution is -0.118. The van der Waals surface area contributed by atoms with Gasteiger partial charge in [-0.1, -0.05) is 53.2 Å². The van der Waals surface area contributed by atoms with Crippen molar-refractivity contribution in [3.8, 4) is 17.3 Å². The second-order valence-corrected chi connectivity index (χ2v) is 8.04. The van der Waals surface area contributed by atoms with Crippen LogP contribution in [0.15, 0.2) is 76.5 Å². The molecule has 0 unspecified atom stereocenters. The van der Waals surface area contributed by atoms with E-state index >= 15 is 0 Å². The Balaban J connectivity index is 1.50. The molecule has 0 atom stereocenters. The predicted molar refractivity (Wildman–Crippen MR) is 118 cm³/mol. The molecular weight excluding hydrogens is 443 g/mol. The van der Waals surface area contributed by atoms with E-state index in [9.17, 15) is 4.79 Å². The molecule has 30 heavy (non-hydrogen) atoms. The molecular formula is C21H16Cl2N4O2S. The number of nitrogens with zero attached hydrogens (tertiary/aromatic N) is 3. The first-order chi connectivity index (χ1) is 14.6. The average molecular weight is 459 g/mol. The van der Waals surface area contributed by atoms with Crippen LogP contribution >= 0.6 is 35.0 Å². The van der Waals surface area contributed by atoms with Gasteiger partial charge in [0.05, 0.1) is 12.0 Å². The zero-order chi connectivity index (χ0) is 20.9. The number of furan rings is 1. The van der Waals surface area contributed by atoms with Gasteiger partial charge in [-0.05, 0) is 48.0 Å². The molecule has 4 aromatic rings. The molecule has 0 saturated heterocycles. The number of nitrogens with one attached hydrogen (secondary N) is 1. The largest absolute Gasteiger partial charge is 0.461 e. The molecule has 0 radical (unpaired) electrons. The highest BCUT2D eigenvalue weighted by atomic mass is 35.5. The number of hydrogen-bond acceptors (Lipinski definition) is 5. The molecule has 0 fully saturated rings. The molecule has 0 aliphatic carbocycles. The van der Waals surface area contributed by atoms with Crippen molar-refractivity contribution in [3.05, 3.63) is 82.5 Å². The summed E-state index contributed by atoms with van der Waals surface area (Å²) < 4.78 is 7.33. The van der Waals surface area contributed by atoms with Gasteiger partial charge in [-0.25, -0.2) is 0 Å². The van der Waals surface area contributed by atoms with E-state index in [0.717, 1.165) is 11.3 Å². The molecule has 4 rings (SSSR count). The highest BCUT2D eigenvalue weighted by molar-refractivity contribution is 7.99. The van der Waals surface area contributed by atoms with Crippen LogP contribution in [-0.4, -0.2) is 26.4 Å². The Morgan fingerprint density at radius 2 is 1.83 bits per heavy atom. The van der Waals surface area contributed by atoms with Crippen molar-refractivity contribution in [2.75, 3.05) is 5.75 Å². The van der Waals surface area contributed by atoms with Crippen LogP contribution in [0, 0.1) is 0 Å². The summed E-state index contributed by atoms with van der Waals surface area (Å²) in [5, 5.41) is 13.2. The van der Waals surface area contributed by atoms with Gasteiger partial charge in [-0.3, -0.25) is 9.36 Å². The standard InChI is InChI=1S/C21H16Cl2N4O2S/c22-15-7-9-16(10-8-15)27-20(18-6-3-11-29-18)25-26-21(27)30-13-19(28)24-12-14-4-1-2-5-17(14)23/h1-11H,12-13H2,(H,24,28). The van der Waals surface area contributed by atoms with Crippen LogP contribution in [0.25, 0.3) is 17.3 Å². The van der Waals surface area contributed by atoms with Crippen LogP contribution in [0.1, 0.15) is 5.56 Å². The van der Waals surface area contributed by atoms with Gasteiger partial charge in [-0.15, -0.1) is 10.2 Å². The lowest BCUT2D eigenvalue weighted by Crippen LogP contribution is -2.24. The number of hydrogen-bond donors (Lipinski definition) is 1. The van der Waals surface area contributed by atoms with E-state index in [-0.39, 0.29) is 11.7 Å². The Bertz CT molecular complexity index is 1140. The Kier molecular flexibility index (Phi) is 6.42. The van der Waals surface area contributed by atoms with Crippen LogP contribution in [-0.2, 0) is 11.3 Å². The van der Waals surface area contributed by atoms with E-state index in [1.165, 1.54) is 11.8 Å². The van der Waals surface area contributed by atoms with Crippen molar-refractivity contribution < 1.29 is 9.21 Å². The third kappa shape index (κ3) is 4.70. The van der Waals surface area contributed by atoms with Gasteiger partial charge in [0.1, 0.15) is 0 Å². The molecule has 2 aromatic carbocycles.